The van der Waals surface area contributed by atoms with Gasteiger partial charge in [-0.25, -0.2) is 0 Å². The molecule has 2 aromatic rings. The molecule has 4 heterocycles. The van der Waals surface area contributed by atoms with E-state index in [0.717, 1.165) is 49.5 Å². The van der Waals surface area contributed by atoms with Gasteiger partial charge in [-0.15, -0.1) is 0 Å². The zero-order valence-electron chi connectivity index (χ0n) is 12.4. The summed E-state index contributed by atoms with van der Waals surface area (Å²) in [6, 6.07) is 2.02. The average molecular weight is 304 g/mol. The van der Waals surface area contributed by atoms with Gasteiger partial charge >= 0.3 is 0 Å². The molecule has 2 fully saturated rings. The molecule has 4 rings (SSSR count). The van der Waals surface area contributed by atoms with Gasteiger partial charge in [0.25, 0.3) is 0 Å². The highest BCUT2D eigenvalue weighted by Gasteiger charge is 2.49. The summed E-state index contributed by atoms with van der Waals surface area (Å²) in [5.74, 6) is 2.89. The predicted molar refractivity (Wildman–Crippen MR) is 81.9 cm³/mol. The van der Waals surface area contributed by atoms with Crippen LogP contribution in [0.1, 0.15) is 19.7 Å². The van der Waals surface area contributed by atoms with Crippen molar-refractivity contribution in [2.75, 3.05) is 19.6 Å². The summed E-state index contributed by atoms with van der Waals surface area (Å²) in [6.45, 7) is 8.78. The minimum Gasteiger partial charge on any atom is -0.338 e. The monoisotopic (exact) mass is 304 g/mol. The summed E-state index contributed by atoms with van der Waals surface area (Å²) < 4.78 is 5.45. The van der Waals surface area contributed by atoms with Gasteiger partial charge in [-0.05, 0) is 43.7 Å². The molecule has 0 bridgehead atoms. The number of nitrogens with zero attached hydrogens (tertiary/aromatic N) is 3. The fourth-order valence-electron chi connectivity index (χ4n) is 3.76. The lowest BCUT2D eigenvalue weighted by Gasteiger charge is -2.34. The summed E-state index contributed by atoms with van der Waals surface area (Å²) in [5.41, 5.74) is 1.22. The molecule has 0 aliphatic carbocycles. The van der Waals surface area contributed by atoms with Crippen molar-refractivity contribution in [3.8, 4) is 11.4 Å². The van der Waals surface area contributed by atoms with E-state index >= 15 is 0 Å². The fourth-order valence-corrected chi connectivity index (χ4v) is 4.40. The lowest BCUT2D eigenvalue weighted by molar-refractivity contribution is 0.117. The van der Waals surface area contributed by atoms with Crippen molar-refractivity contribution in [3.05, 3.63) is 22.7 Å². The van der Waals surface area contributed by atoms with Crippen molar-refractivity contribution in [1.82, 2.24) is 20.4 Å². The summed E-state index contributed by atoms with van der Waals surface area (Å²) in [4.78, 5) is 7.04. The van der Waals surface area contributed by atoms with Gasteiger partial charge in [-0.3, -0.25) is 4.90 Å². The Labute approximate surface area is 128 Å². The Kier molecular flexibility index (Phi) is 3.13. The molecule has 6 heteroatoms. The normalized spacial score (nSPS) is 28.1. The summed E-state index contributed by atoms with van der Waals surface area (Å²) in [6.07, 6.45) is 0. The molecule has 112 valence electrons. The molecule has 2 unspecified atom stereocenters. The van der Waals surface area contributed by atoms with Gasteiger partial charge in [0.05, 0.1) is 6.54 Å². The molecular weight excluding hydrogens is 284 g/mol. The van der Waals surface area contributed by atoms with E-state index in [0.29, 0.717) is 5.82 Å². The summed E-state index contributed by atoms with van der Waals surface area (Å²) in [7, 11) is 0. The lowest BCUT2D eigenvalue weighted by Crippen LogP contribution is -2.43. The maximum atomic E-state index is 5.45. The summed E-state index contributed by atoms with van der Waals surface area (Å²) in [5, 5.41) is 11.7. The van der Waals surface area contributed by atoms with E-state index < -0.39 is 0 Å². The van der Waals surface area contributed by atoms with Gasteiger partial charge < -0.3 is 9.84 Å². The van der Waals surface area contributed by atoms with Crippen LogP contribution in [0.25, 0.3) is 11.4 Å². The molecule has 0 amide bonds. The van der Waals surface area contributed by atoms with Crippen molar-refractivity contribution in [2.24, 2.45) is 11.8 Å². The number of fused-ring (bicyclic) bond motifs is 1. The number of nitrogens with one attached hydrogen (secondary N) is 1. The van der Waals surface area contributed by atoms with Crippen LogP contribution in [0.15, 0.2) is 21.3 Å². The Balaban J connectivity index is 1.52. The molecule has 0 aromatic carbocycles. The van der Waals surface area contributed by atoms with Crippen LogP contribution in [0.3, 0.4) is 0 Å². The Hall–Kier alpha value is -1.24. The standard InChI is InChI=1S/C15H20N4OS/c1-15(2)12-6-16-5-11(12)7-19(15)8-13-17-14(18-20-13)10-3-4-21-9-10/h3-4,9,11-12,16H,5-8H2,1-2H3. The molecule has 5 nitrogen and oxygen atoms in total. The average Bonchev–Trinajstić information content (AvgIpc) is 3.20. The van der Waals surface area contributed by atoms with Crippen molar-refractivity contribution < 1.29 is 4.52 Å². The molecule has 0 radical (unpaired) electrons. The van der Waals surface area contributed by atoms with E-state index in [4.69, 9.17) is 4.52 Å². The van der Waals surface area contributed by atoms with Gasteiger partial charge in [0.15, 0.2) is 0 Å². The smallest absolute Gasteiger partial charge is 0.241 e. The van der Waals surface area contributed by atoms with E-state index in [2.05, 4.69) is 34.2 Å². The van der Waals surface area contributed by atoms with Crippen LogP contribution in [0.4, 0.5) is 0 Å². The predicted octanol–water partition coefficient (Wildman–Crippen LogP) is 2.23. The Morgan fingerprint density at radius 3 is 3.14 bits per heavy atom. The summed E-state index contributed by atoms with van der Waals surface area (Å²) >= 11 is 1.65. The second kappa shape index (κ2) is 4.90. The maximum Gasteiger partial charge on any atom is 0.241 e. The third-order valence-corrected chi connectivity index (χ3v) is 5.77. The number of likely N-dealkylation sites (tertiary alicyclic amines) is 1. The zero-order chi connectivity index (χ0) is 14.4. The molecule has 2 aliphatic heterocycles. The first-order valence-corrected chi connectivity index (χ1v) is 8.40. The lowest BCUT2D eigenvalue weighted by atomic mass is 9.85. The van der Waals surface area contributed by atoms with Crippen LogP contribution < -0.4 is 5.32 Å². The second-order valence-electron chi connectivity index (χ2n) is 6.58. The van der Waals surface area contributed by atoms with Crippen molar-refractivity contribution >= 4 is 11.3 Å². The van der Waals surface area contributed by atoms with Crippen LogP contribution in [0.5, 0.6) is 0 Å². The van der Waals surface area contributed by atoms with Crippen molar-refractivity contribution in [2.45, 2.75) is 25.9 Å². The van der Waals surface area contributed by atoms with Crippen LogP contribution in [-0.2, 0) is 6.54 Å². The van der Waals surface area contributed by atoms with Gasteiger partial charge in [-0.1, -0.05) is 5.16 Å². The number of aromatic nitrogens is 2. The van der Waals surface area contributed by atoms with Crippen molar-refractivity contribution in [3.63, 3.8) is 0 Å². The maximum absolute atomic E-state index is 5.45. The molecule has 2 atom stereocenters. The van der Waals surface area contributed by atoms with Crippen LogP contribution in [-0.4, -0.2) is 40.2 Å². The molecule has 1 N–H and O–H groups in total. The second-order valence-corrected chi connectivity index (χ2v) is 7.36. The molecule has 21 heavy (non-hydrogen) atoms. The number of rotatable bonds is 3. The molecule has 2 saturated heterocycles. The highest BCUT2D eigenvalue weighted by atomic mass is 32.1. The van der Waals surface area contributed by atoms with Crippen LogP contribution in [0, 0.1) is 11.8 Å². The third-order valence-electron chi connectivity index (χ3n) is 5.09. The van der Waals surface area contributed by atoms with Gasteiger partial charge in [0.1, 0.15) is 0 Å². The first kappa shape index (κ1) is 13.4. The van der Waals surface area contributed by atoms with E-state index in [1.807, 2.05) is 16.8 Å². The van der Waals surface area contributed by atoms with E-state index in [9.17, 15) is 0 Å². The molecule has 2 aliphatic rings. The third kappa shape index (κ3) is 2.22. The fraction of sp³-hybridized carbons (Fsp3) is 0.600. The molecule has 0 saturated carbocycles. The van der Waals surface area contributed by atoms with Crippen LogP contribution >= 0.6 is 11.3 Å². The SMILES string of the molecule is CC1(C)C2CNCC2CN1Cc1nc(-c2ccsc2)no1. The van der Waals surface area contributed by atoms with Gasteiger partial charge in [0, 0.05) is 29.6 Å². The first-order valence-electron chi connectivity index (χ1n) is 7.45. The van der Waals surface area contributed by atoms with E-state index in [1.54, 1.807) is 11.3 Å². The minimum absolute atomic E-state index is 0.186. The van der Waals surface area contributed by atoms with Crippen LogP contribution in [0.2, 0.25) is 0 Å². The minimum atomic E-state index is 0.186. The zero-order valence-corrected chi connectivity index (χ0v) is 13.2. The Morgan fingerprint density at radius 2 is 2.38 bits per heavy atom. The number of hydrogen-bond acceptors (Lipinski definition) is 6. The molecule has 2 aromatic heterocycles. The van der Waals surface area contributed by atoms with E-state index in [-0.39, 0.29) is 5.54 Å². The number of thiophene rings is 1. The Morgan fingerprint density at radius 1 is 1.48 bits per heavy atom. The molecule has 0 spiro atoms. The Bertz CT molecular complexity index is 621. The first-order chi connectivity index (χ1) is 10.1. The number of hydrogen-bond donors (Lipinski definition) is 1. The highest BCUT2D eigenvalue weighted by molar-refractivity contribution is 7.08. The van der Waals surface area contributed by atoms with Crippen molar-refractivity contribution in [1.29, 1.82) is 0 Å². The molecular formula is C15H20N4OS. The highest BCUT2D eigenvalue weighted by Crippen LogP contribution is 2.41. The topological polar surface area (TPSA) is 54.2 Å². The largest absolute Gasteiger partial charge is 0.338 e. The van der Waals surface area contributed by atoms with E-state index in [1.165, 1.54) is 0 Å². The quantitative estimate of drug-likeness (QED) is 0.942. The van der Waals surface area contributed by atoms with Gasteiger partial charge in [0.2, 0.25) is 11.7 Å². The van der Waals surface area contributed by atoms with Gasteiger partial charge in [-0.2, -0.15) is 16.3 Å².